The summed E-state index contributed by atoms with van der Waals surface area (Å²) in [5.74, 6) is 0.522. The van der Waals surface area contributed by atoms with Crippen molar-refractivity contribution in [1.29, 1.82) is 0 Å². The SMILES string of the molecule is C1=C\C(c2cccc3c2sc2ccccc23)=C/CCC(c2ccc3c4ccccc4c4ccccc4c3c2)C/1. The van der Waals surface area contributed by atoms with E-state index < -0.39 is 0 Å². The molecule has 1 aromatic heterocycles. The molecule has 1 aliphatic rings. The van der Waals surface area contributed by atoms with E-state index in [-0.39, 0.29) is 0 Å². The van der Waals surface area contributed by atoms with Crippen molar-refractivity contribution in [2.45, 2.75) is 25.2 Å². The van der Waals surface area contributed by atoms with E-state index in [0.29, 0.717) is 5.92 Å². The van der Waals surface area contributed by atoms with Crippen molar-refractivity contribution in [1.82, 2.24) is 0 Å². The van der Waals surface area contributed by atoms with Crippen molar-refractivity contribution in [2.75, 3.05) is 0 Å². The molecule has 0 saturated heterocycles. The molecule has 1 unspecified atom stereocenters. The summed E-state index contributed by atoms with van der Waals surface area (Å²) in [6, 6.07) is 40.5. The van der Waals surface area contributed by atoms with Crippen LogP contribution in [0.2, 0.25) is 0 Å². The molecule has 0 fully saturated rings. The lowest BCUT2D eigenvalue weighted by Crippen LogP contribution is -2.00. The van der Waals surface area contributed by atoms with Crippen molar-refractivity contribution in [2.24, 2.45) is 0 Å². The Morgan fingerprint density at radius 3 is 1.97 bits per heavy atom. The number of fused-ring (bicyclic) bond motifs is 9. The second-order valence-electron chi connectivity index (χ2n) is 10.7. The highest BCUT2D eigenvalue weighted by Crippen LogP contribution is 2.41. The van der Waals surface area contributed by atoms with Crippen LogP contribution in [0.15, 0.2) is 127 Å². The number of allylic oxidation sites excluding steroid dienone is 4. The second-order valence-corrected chi connectivity index (χ2v) is 11.8. The van der Waals surface area contributed by atoms with Gasteiger partial charge in [-0.15, -0.1) is 11.3 Å². The van der Waals surface area contributed by atoms with E-state index in [4.69, 9.17) is 0 Å². The van der Waals surface area contributed by atoms with Gasteiger partial charge in [0, 0.05) is 20.2 Å². The monoisotopic (exact) mass is 516 g/mol. The number of hydrogen-bond acceptors (Lipinski definition) is 1. The van der Waals surface area contributed by atoms with Gasteiger partial charge in [0.1, 0.15) is 0 Å². The molecule has 0 spiro atoms. The second kappa shape index (κ2) is 9.22. The summed E-state index contributed by atoms with van der Waals surface area (Å²) in [5, 5.41) is 10.9. The van der Waals surface area contributed by atoms with E-state index in [1.54, 1.807) is 0 Å². The summed E-state index contributed by atoms with van der Waals surface area (Å²) in [5.41, 5.74) is 4.19. The molecule has 0 aliphatic heterocycles. The van der Waals surface area contributed by atoms with Crippen LogP contribution in [0.1, 0.15) is 36.3 Å². The van der Waals surface area contributed by atoms with Crippen LogP contribution in [0.4, 0.5) is 0 Å². The normalized spacial score (nSPS) is 18.4. The lowest BCUT2D eigenvalue weighted by Gasteiger charge is -2.19. The van der Waals surface area contributed by atoms with Crippen molar-refractivity contribution in [3.05, 3.63) is 139 Å². The van der Waals surface area contributed by atoms with Crippen LogP contribution in [-0.2, 0) is 0 Å². The minimum Gasteiger partial charge on any atom is -0.135 e. The van der Waals surface area contributed by atoms with Gasteiger partial charge < -0.3 is 0 Å². The summed E-state index contributed by atoms with van der Waals surface area (Å²) in [6.07, 6.45) is 10.6. The molecule has 6 aromatic carbocycles. The van der Waals surface area contributed by atoms with Crippen LogP contribution in [0.5, 0.6) is 0 Å². The minimum atomic E-state index is 0.522. The van der Waals surface area contributed by atoms with Crippen molar-refractivity contribution < 1.29 is 0 Å². The van der Waals surface area contributed by atoms with Gasteiger partial charge in [0.25, 0.3) is 0 Å². The molecule has 0 bridgehead atoms. The first-order valence-electron chi connectivity index (χ1n) is 14.0. The molecule has 0 N–H and O–H groups in total. The molecule has 39 heavy (non-hydrogen) atoms. The van der Waals surface area contributed by atoms with E-state index in [2.05, 4.69) is 127 Å². The minimum absolute atomic E-state index is 0.522. The standard InChI is InChI=1S/C38H28S/c1-2-16-31-29(14-1)30-15-3-4-17-32(30)36-24-27(22-23-33(31)36)25-10-7-12-26(13-8-11-25)28-19-9-20-35-34-18-5-6-21-37(34)39-38(28)35/h1-7,9,12-25H,8,10-11H2/b12-7-,26-13+. The number of thiophene rings is 1. The van der Waals surface area contributed by atoms with Crippen LogP contribution in [0, 0.1) is 0 Å². The van der Waals surface area contributed by atoms with Crippen LogP contribution in [0.3, 0.4) is 0 Å². The molecule has 0 saturated carbocycles. The first-order chi connectivity index (χ1) is 19.3. The summed E-state index contributed by atoms with van der Waals surface area (Å²) in [6.45, 7) is 0. The van der Waals surface area contributed by atoms with Crippen molar-refractivity contribution in [3.63, 3.8) is 0 Å². The molecule has 1 aliphatic carbocycles. The van der Waals surface area contributed by atoms with Crippen LogP contribution in [-0.4, -0.2) is 0 Å². The average molecular weight is 517 g/mol. The van der Waals surface area contributed by atoms with Crippen LogP contribution < -0.4 is 0 Å². The summed E-state index contributed by atoms with van der Waals surface area (Å²) in [7, 11) is 0. The molecule has 186 valence electrons. The molecule has 0 nitrogen and oxygen atoms in total. The van der Waals surface area contributed by atoms with Gasteiger partial charge in [-0.3, -0.25) is 0 Å². The zero-order valence-electron chi connectivity index (χ0n) is 21.7. The maximum Gasteiger partial charge on any atom is 0.0433 e. The smallest absolute Gasteiger partial charge is 0.0433 e. The zero-order valence-corrected chi connectivity index (χ0v) is 22.5. The molecule has 1 atom stereocenters. The van der Waals surface area contributed by atoms with Crippen LogP contribution in [0.25, 0.3) is 58.1 Å². The third-order valence-corrected chi connectivity index (χ3v) is 9.77. The number of benzene rings is 6. The van der Waals surface area contributed by atoms with Gasteiger partial charge >= 0.3 is 0 Å². The van der Waals surface area contributed by atoms with E-state index in [1.165, 1.54) is 69.2 Å². The van der Waals surface area contributed by atoms with E-state index in [9.17, 15) is 0 Å². The van der Waals surface area contributed by atoms with E-state index >= 15 is 0 Å². The Morgan fingerprint density at radius 2 is 1.21 bits per heavy atom. The molecular weight excluding hydrogens is 488 g/mol. The Labute approximate surface area is 232 Å². The molecule has 0 amide bonds. The molecule has 1 heteroatoms. The lowest BCUT2D eigenvalue weighted by molar-refractivity contribution is 0.640. The Bertz CT molecular complexity index is 2070. The first-order valence-corrected chi connectivity index (χ1v) is 14.8. The number of hydrogen-bond donors (Lipinski definition) is 0. The summed E-state index contributed by atoms with van der Waals surface area (Å²) >= 11 is 1.92. The lowest BCUT2D eigenvalue weighted by atomic mass is 9.85. The van der Waals surface area contributed by atoms with Crippen molar-refractivity contribution >= 4 is 69.4 Å². The highest BCUT2D eigenvalue weighted by Gasteiger charge is 2.16. The molecular formula is C38H28S. The van der Waals surface area contributed by atoms with Gasteiger partial charge in [0.05, 0.1) is 0 Å². The van der Waals surface area contributed by atoms with Gasteiger partial charge in [0.15, 0.2) is 0 Å². The fourth-order valence-electron chi connectivity index (χ4n) is 6.64. The van der Waals surface area contributed by atoms with Gasteiger partial charge in [-0.1, -0.05) is 121 Å². The largest absolute Gasteiger partial charge is 0.135 e. The Balaban J connectivity index is 1.16. The third-order valence-electron chi connectivity index (χ3n) is 8.55. The van der Waals surface area contributed by atoms with Gasteiger partial charge in [-0.2, -0.15) is 0 Å². The van der Waals surface area contributed by atoms with Gasteiger partial charge in [-0.25, -0.2) is 0 Å². The predicted octanol–water partition coefficient (Wildman–Crippen LogP) is 11.4. The molecule has 1 heterocycles. The van der Waals surface area contributed by atoms with E-state index in [0.717, 1.165) is 19.3 Å². The quantitative estimate of drug-likeness (QED) is 0.200. The third kappa shape index (κ3) is 3.72. The summed E-state index contributed by atoms with van der Waals surface area (Å²) < 4.78 is 2.77. The van der Waals surface area contributed by atoms with Crippen molar-refractivity contribution in [3.8, 4) is 0 Å². The average Bonchev–Trinajstić information content (AvgIpc) is 3.36. The van der Waals surface area contributed by atoms with Crippen LogP contribution >= 0.6 is 11.3 Å². The number of rotatable bonds is 2. The Hall–Kier alpha value is -4.20. The fourth-order valence-corrected chi connectivity index (χ4v) is 7.88. The predicted molar refractivity (Wildman–Crippen MR) is 172 cm³/mol. The molecule has 8 rings (SSSR count). The van der Waals surface area contributed by atoms with Gasteiger partial charge in [-0.05, 0) is 80.3 Å². The van der Waals surface area contributed by atoms with Gasteiger partial charge in [0.2, 0.25) is 0 Å². The Kier molecular flexibility index (Phi) is 5.38. The Morgan fingerprint density at radius 1 is 0.564 bits per heavy atom. The maximum absolute atomic E-state index is 2.48. The summed E-state index contributed by atoms with van der Waals surface area (Å²) in [4.78, 5) is 0. The van der Waals surface area contributed by atoms with E-state index in [1.807, 2.05) is 11.3 Å². The highest BCUT2D eigenvalue weighted by atomic mass is 32.1. The zero-order chi connectivity index (χ0) is 25.8. The topological polar surface area (TPSA) is 0 Å². The first kappa shape index (κ1) is 22.8. The molecule has 0 radical (unpaired) electrons. The highest BCUT2D eigenvalue weighted by molar-refractivity contribution is 7.26. The molecule has 7 aromatic rings. The fraction of sp³-hybridized carbons (Fsp3) is 0.105. The maximum atomic E-state index is 2.48.